The van der Waals surface area contributed by atoms with Crippen molar-refractivity contribution in [2.24, 2.45) is 23.2 Å². The van der Waals surface area contributed by atoms with Crippen LogP contribution in [-0.4, -0.2) is 10.8 Å². The summed E-state index contributed by atoms with van der Waals surface area (Å²) in [5.41, 5.74) is -0.385. The third-order valence-electron chi connectivity index (χ3n) is 5.49. The molecule has 4 aliphatic rings. The second-order valence-corrected chi connectivity index (χ2v) is 8.09. The van der Waals surface area contributed by atoms with E-state index in [0.29, 0.717) is 29.1 Å². The largest absolute Gasteiger partial charge is 0.443 e. The van der Waals surface area contributed by atoms with Crippen LogP contribution in [0, 0.1) is 23.2 Å². The molecule has 1 heterocycles. The molecule has 4 saturated carbocycles. The molecule has 0 radical (unpaired) electrons. The Hall–Kier alpha value is -0.910. The number of halogens is 3. The molecule has 4 fully saturated rings. The molecule has 0 saturated heterocycles. The Kier molecular flexibility index (Phi) is 2.82. The molecular weight excluding hydrogens is 299 g/mol. The van der Waals surface area contributed by atoms with Crippen molar-refractivity contribution in [2.45, 2.75) is 44.7 Å². The van der Waals surface area contributed by atoms with Gasteiger partial charge >= 0.3 is 6.18 Å². The fourth-order valence-corrected chi connectivity index (χ4v) is 6.00. The first-order chi connectivity index (χ1) is 9.86. The van der Waals surface area contributed by atoms with Crippen molar-refractivity contribution in [1.29, 1.82) is 0 Å². The molecule has 1 aromatic heterocycles. The molecule has 6 heteroatoms. The van der Waals surface area contributed by atoms with E-state index in [4.69, 9.17) is 0 Å². The van der Waals surface area contributed by atoms with Crippen LogP contribution in [0.1, 0.15) is 53.2 Å². The maximum atomic E-state index is 12.8. The van der Waals surface area contributed by atoms with Gasteiger partial charge in [0.05, 0.1) is 4.88 Å². The molecule has 0 aromatic carbocycles. The van der Waals surface area contributed by atoms with Crippen LogP contribution in [0.5, 0.6) is 0 Å². The van der Waals surface area contributed by atoms with Crippen molar-refractivity contribution in [3.05, 3.63) is 16.1 Å². The van der Waals surface area contributed by atoms with Crippen LogP contribution in [0.25, 0.3) is 0 Å². The van der Waals surface area contributed by atoms with Gasteiger partial charge in [-0.2, -0.15) is 13.2 Å². The third-order valence-corrected chi connectivity index (χ3v) is 6.53. The first-order valence-corrected chi connectivity index (χ1v) is 8.25. The summed E-state index contributed by atoms with van der Waals surface area (Å²) in [7, 11) is 0. The Balaban J connectivity index is 1.64. The highest BCUT2D eigenvalue weighted by atomic mass is 32.1. The van der Waals surface area contributed by atoms with Crippen molar-refractivity contribution in [3.8, 4) is 0 Å². The van der Waals surface area contributed by atoms with Gasteiger partial charge in [0.1, 0.15) is 0 Å². The Morgan fingerprint density at radius 3 is 2.10 bits per heavy atom. The number of thiazole rings is 1. The second-order valence-electron chi connectivity index (χ2n) is 7.05. The van der Waals surface area contributed by atoms with E-state index in [9.17, 15) is 18.0 Å². The molecule has 4 bridgehead atoms. The number of ketones is 1. The van der Waals surface area contributed by atoms with Crippen LogP contribution in [0.2, 0.25) is 0 Å². The first kappa shape index (κ1) is 13.7. The van der Waals surface area contributed by atoms with Crippen molar-refractivity contribution in [2.75, 3.05) is 0 Å². The van der Waals surface area contributed by atoms with Crippen molar-refractivity contribution in [3.63, 3.8) is 0 Å². The molecule has 4 aliphatic carbocycles. The molecule has 5 rings (SSSR count). The fraction of sp³-hybridized carbons (Fsp3) is 0.733. The molecule has 0 atom stereocenters. The number of rotatable bonds is 2. The highest BCUT2D eigenvalue weighted by Gasteiger charge is 2.55. The number of carbonyl (C=O) groups is 1. The molecule has 0 spiro atoms. The van der Waals surface area contributed by atoms with Gasteiger partial charge in [-0.3, -0.25) is 4.79 Å². The van der Waals surface area contributed by atoms with Gasteiger partial charge in [-0.25, -0.2) is 4.98 Å². The van der Waals surface area contributed by atoms with Gasteiger partial charge in [-0.05, 0) is 56.3 Å². The number of aromatic nitrogens is 1. The number of Topliss-reactive ketones (excluding diaryl/α,β-unsaturated/α-hetero) is 1. The Bertz CT molecular complexity index is 557. The van der Waals surface area contributed by atoms with E-state index in [2.05, 4.69) is 4.98 Å². The van der Waals surface area contributed by atoms with Gasteiger partial charge in [0, 0.05) is 11.6 Å². The molecule has 0 amide bonds. The predicted molar refractivity (Wildman–Crippen MR) is 72.1 cm³/mol. The summed E-state index contributed by atoms with van der Waals surface area (Å²) in [4.78, 5) is 16.4. The van der Waals surface area contributed by atoms with Gasteiger partial charge in [0.15, 0.2) is 10.8 Å². The molecule has 2 nitrogen and oxygen atoms in total. The number of carbonyl (C=O) groups excluding carboxylic acids is 1. The standard InChI is InChI=1S/C15H16F3NOS/c16-15(17,18)13-19-7-11(21-13)12(20)14-4-8-1-9(5-14)3-10(2-8)6-14/h7-10H,1-6H2. The van der Waals surface area contributed by atoms with E-state index in [1.807, 2.05) is 0 Å². The van der Waals surface area contributed by atoms with Gasteiger partial charge in [0.2, 0.25) is 0 Å². The summed E-state index contributed by atoms with van der Waals surface area (Å²) >= 11 is 0.511. The lowest BCUT2D eigenvalue weighted by molar-refractivity contribution is -0.137. The van der Waals surface area contributed by atoms with E-state index >= 15 is 0 Å². The van der Waals surface area contributed by atoms with Gasteiger partial charge in [0.25, 0.3) is 0 Å². The number of hydrogen-bond acceptors (Lipinski definition) is 3. The van der Waals surface area contributed by atoms with E-state index < -0.39 is 11.2 Å². The number of nitrogens with zero attached hydrogens (tertiary/aromatic N) is 1. The minimum atomic E-state index is -4.45. The SMILES string of the molecule is O=C(c1cnc(C(F)(F)F)s1)C12CC3CC(CC(C3)C1)C2. The zero-order valence-electron chi connectivity index (χ0n) is 11.4. The van der Waals surface area contributed by atoms with E-state index in [1.54, 1.807) is 0 Å². The molecule has 21 heavy (non-hydrogen) atoms. The zero-order valence-corrected chi connectivity index (χ0v) is 12.3. The summed E-state index contributed by atoms with van der Waals surface area (Å²) in [6, 6.07) is 0. The first-order valence-electron chi connectivity index (χ1n) is 7.43. The van der Waals surface area contributed by atoms with Crippen LogP contribution in [0.3, 0.4) is 0 Å². The predicted octanol–water partition coefficient (Wildman–Crippen LogP) is 4.56. The lowest BCUT2D eigenvalue weighted by atomic mass is 9.48. The summed E-state index contributed by atoms with van der Waals surface area (Å²) in [6.07, 6.45) is 2.93. The highest BCUT2D eigenvalue weighted by Crippen LogP contribution is 2.61. The topological polar surface area (TPSA) is 30.0 Å². The Morgan fingerprint density at radius 1 is 1.14 bits per heavy atom. The summed E-state index contributed by atoms with van der Waals surface area (Å²) in [6.45, 7) is 0. The maximum Gasteiger partial charge on any atom is 0.443 e. The molecular formula is C15H16F3NOS. The Morgan fingerprint density at radius 2 is 1.67 bits per heavy atom. The van der Waals surface area contributed by atoms with E-state index in [0.717, 1.165) is 25.5 Å². The maximum absolute atomic E-state index is 12.8. The second kappa shape index (κ2) is 4.31. The van der Waals surface area contributed by atoms with E-state index in [-0.39, 0.29) is 16.1 Å². The minimum Gasteiger partial charge on any atom is -0.293 e. The average Bonchev–Trinajstić information content (AvgIpc) is 2.85. The lowest BCUT2D eigenvalue weighted by Crippen LogP contribution is -2.49. The van der Waals surface area contributed by atoms with E-state index in [1.165, 1.54) is 19.3 Å². The normalized spacial score (nSPS) is 38.0. The van der Waals surface area contributed by atoms with Gasteiger partial charge < -0.3 is 0 Å². The third kappa shape index (κ3) is 2.14. The van der Waals surface area contributed by atoms with Crippen molar-refractivity contribution >= 4 is 17.1 Å². The number of alkyl halides is 3. The van der Waals surface area contributed by atoms with Crippen LogP contribution in [0.15, 0.2) is 6.20 Å². The minimum absolute atomic E-state index is 0.0744. The quantitative estimate of drug-likeness (QED) is 0.749. The van der Waals surface area contributed by atoms with Crippen molar-refractivity contribution < 1.29 is 18.0 Å². The van der Waals surface area contributed by atoms with Gasteiger partial charge in [-0.1, -0.05) is 0 Å². The summed E-state index contributed by atoms with van der Waals surface area (Å²) in [5, 5.41) is -0.907. The van der Waals surface area contributed by atoms with Crippen LogP contribution >= 0.6 is 11.3 Å². The molecule has 0 aliphatic heterocycles. The summed E-state index contributed by atoms with van der Waals surface area (Å²) < 4.78 is 38.0. The molecule has 114 valence electrons. The van der Waals surface area contributed by atoms with Crippen molar-refractivity contribution in [1.82, 2.24) is 4.98 Å². The number of hydrogen-bond donors (Lipinski definition) is 0. The highest BCUT2D eigenvalue weighted by molar-refractivity contribution is 7.13. The monoisotopic (exact) mass is 315 g/mol. The zero-order chi connectivity index (χ0) is 14.8. The van der Waals surface area contributed by atoms with Crippen LogP contribution < -0.4 is 0 Å². The smallest absolute Gasteiger partial charge is 0.293 e. The van der Waals surface area contributed by atoms with Crippen LogP contribution in [0.4, 0.5) is 13.2 Å². The van der Waals surface area contributed by atoms with Gasteiger partial charge in [-0.15, -0.1) is 11.3 Å². The van der Waals surface area contributed by atoms with Crippen LogP contribution in [-0.2, 0) is 6.18 Å². The average molecular weight is 315 g/mol. The molecule has 0 unspecified atom stereocenters. The fourth-order valence-electron chi connectivity index (χ4n) is 5.16. The summed E-state index contributed by atoms with van der Waals surface area (Å²) in [5.74, 6) is 1.75. The molecule has 1 aromatic rings. The Labute approximate surface area is 124 Å². The lowest BCUT2D eigenvalue weighted by Gasteiger charge is -2.55. The molecule has 0 N–H and O–H groups in total.